The second-order valence-electron chi connectivity index (χ2n) is 7.38. The predicted octanol–water partition coefficient (Wildman–Crippen LogP) is 4.89. The van der Waals surface area contributed by atoms with Crippen molar-refractivity contribution in [2.75, 3.05) is 46.8 Å². The smallest absolute Gasteiger partial charge is 0.122 e. The van der Waals surface area contributed by atoms with Crippen molar-refractivity contribution in [3.05, 3.63) is 59.3 Å². The molecular weight excluding hydrogens is 378 g/mol. The summed E-state index contributed by atoms with van der Waals surface area (Å²) >= 11 is 0. The molecule has 1 aromatic heterocycles. The number of aromatic nitrogens is 1. The van der Waals surface area contributed by atoms with Crippen LogP contribution in [-0.4, -0.2) is 51.7 Å². The molecule has 3 rings (SSSR count). The Morgan fingerprint density at radius 1 is 0.767 bits per heavy atom. The summed E-state index contributed by atoms with van der Waals surface area (Å²) in [6.45, 7) is 9.63. The first-order chi connectivity index (χ1) is 14.6. The van der Waals surface area contributed by atoms with Crippen LogP contribution in [-0.2, 0) is 14.2 Å². The number of hydrogen-bond acceptors (Lipinski definition) is 5. The van der Waals surface area contributed by atoms with Crippen molar-refractivity contribution in [2.45, 2.75) is 20.8 Å². The van der Waals surface area contributed by atoms with Crippen LogP contribution >= 0.6 is 0 Å². The van der Waals surface area contributed by atoms with Crippen LogP contribution in [0, 0.1) is 20.8 Å². The molecule has 5 heteroatoms. The van der Waals surface area contributed by atoms with Gasteiger partial charge in [0.15, 0.2) is 0 Å². The summed E-state index contributed by atoms with van der Waals surface area (Å²) < 4.78 is 21.7. The summed E-state index contributed by atoms with van der Waals surface area (Å²) in [5.74, 6) is 0.880. The van der Waals surface area contributed by atoms with Gasteiger partial charge in [-0.25, -0.2) is 0 Å². The van der Waals surface area contributed by atoms with Gasteiger partial charge in [-0.15, -0.1) is 0 Å². The van der Waals surface area contributed by atoms with Gasteiger partial charge in [0.25, 0.3) is 0 Å². The maximum absolute atomic E-state index is 5.91. The molecule has 0 aliphatic carbocycles. The van der Waals surface area contributed by atoms with Crippen molar-refractivity contribution in [3.63, 3.8) is 0 Å². The average Bonchev–Trinajstić information content (AvgIpc) is 2.73. The lowest BCUT2D eigenvalue weighted by molar-refractivity contribution is 0.0179. The van der Waals surface area contributed by atoms with E-state index in [9.17, 15) is 0 Å². The number of hydrogen-bond donors (Lipinski definition) is 0. The van der Waals surface area contributed by atoms with Gasteiger partial charge in [0, 0.05) is 18.7 Å². The van der Waals surface area contributed by atoms with Crippen LogP contribution in [0.5, 0.6) is 5.75 Å². The maximum atomic E-state index is 5.91. The third kappa shape index (κ3) is 5.79. The molecule has 160 valence electrons. The number of aryl methyl sites for hydroxylation is 3. The summed E-state index contributed by atoms with van der Waals surface area (Å²) in [7, 11) is 1.66. The fourth-order valence-corrected chi connectivity index (χ4v) is 3.43. The molecule has 30 heavy (non-hydrogen) atoms. The highest BCUT2D eigenvalue weighted by Gasteiger charge is 2.11. The van der Waals surface area contributed by atoms with E-state index in [1.807, 2.05) is 12.3 Å². The van der Waals surface area contributed by atoms with E-state index in [1.54, 1.807) is 7.11 Å². The van der Waals surface area contributed by atoms with Gasteiger partial charge in [0.05, 0.1) is 38.6 Å². The lowest BCUT2D eigenvalue weighted by atomic mass is 9.95. The largest absolute Gasteiger partial charge is 0.491 e. The fourth-order valence-electron chi connectivity index (χ4n) is 3.43. The minimum Gasteiger partial charge on any atom is -0.491 e. The Kier molecular flexibility index (Phi) is 8.20. The lowest BCUT2D eigenvalue weighted by Gasteiger charge is -2.14. The minimum atomic E-state index is 0.509. The van der Waals surface area contributed by atoms with Crippen LogP contribution in [0.15, 0.2) is 42.6 Å². The Morgan fingerprint density at radius 3 is 2.23 bits per heavy atom. The van der Waals surface area contributed by atoms with Crippen molar-refractivity contribution >= 4 is 10.9 Å². The Morgan fingerprint density at radius 2 is 1.50 bits per heavy atom. The molecule has 0 amide bonds. The van der Waals surface area contributed by atoms with E-state index in [0.717, 1.165) is 16.8 Å². The topological polar surface area (TPSA) is 49.8 Å². The highest BCUT2D eigenvalue weighted by molar-refractivity contribution is 5.96. The standard InChI is InChI=1S/C25H31NO4/c1-18-5-7-22-23(15-18)26-17-20(3)25(22)21-6-8-24(19(2)16-21)30-14-13-29-12-11-28-10-9-27-4/h5-8,15-17H,9-14H2,1-4H3. The zero-order valence-electron chi connectivity index (χ0n) is 18.4. The van der Waals surface area contributed by atoms with Gasteiger partial charge in [0.2, 0.25) is 0 Å². The van der Waals surface area contributed by atoms with Crippen LogP contribution < -0.4 is 4.74 Å². The summed E-state index contributed by atoms with van der Waals surface area (Å²) in [6.07, 6.45) is 1.95. The normalized spacial score (nSPS) is 11.2. The third-order valence-electron chi connectivity index (χ3n) is 4.97. The zero-order valence-corrected chi connectivity index (χ0v) is 18.4. The fraction of sp³-hybridized carbons (Fsp3) is 0.400. The summed E-state index contributed by atoms with van der Waals surface area (Å²) in [6, 6.07) is 12.8. The average molecular weight is 410 g/mol. The third-order valence-corrected chi connectivity index (χ3v) is 4.97. The van der Waals surface area contributed by atoms with Crippen LogP contribution in [0.3, 0.4) is 0 Å². The van der Waals surface area contributed by atoms with Gasteiger partial charge in [-0.2, -0.15) is 0 Å². The molecular formula is C25H31NO4. The minimum absolute atomic E-state index is 0.509. The molecule has 0 N–H and O–H groups in total. The van der Waals surface area contributed by atoms with E-state index in [-0.39, 0.29) is 0 Å². The molecule has 0 saturated carbocycles. The SMILES string of the molecule is COCCOCCOCCOc1ccc(-c2c(C)cnc3cc(C)ccc23)cc1C. The van der Waals surface area contributed by atoms with Gasteiger partial charge in [-0.1, -0.05) is 18.2 Å². The molecule has 5 nitrogen and oxygen atoms in total. The second-order valence-corrected chi connectivity index (χ2v) is 7.38. The Hall–Kier alpha value is -2.47. The van der Waals surface area contributed by atoms with E-state index in [1.165, 1.54) is 27.6 Å². The van der Waals surface area contributed by atoms with E-state index in [0.29, 0.717) is 39.6 Å². The second kappa shape index (κ2) is 11.1. The van der Waals surface area contributed by atoms with Gasteiger partial charge in [-0.05, 0) is 66.8 Å². The van der Waals surface area contributed by atoms with E-state index < -0.39 is 0 Å². The molecule has 0 aliphatic rings. The molecule has 1 heterocycles. The maximum Gasteiger partial charge on any atom is 0.122 e. The van der Waals surface area contributed by atoms with Crippen molar-refractivity contribution < 1.29 is 18.9 Å². The number of fused-ring (bicyclic) bond motifs is 1. The first-order valence-electron chi connectivity index (χ1n) is 10.3. The summed E-state index contributed by atoms with van der Waals surface area (Å²) in [5, 5.41) is 1.18. The zero-order chi connectivity index (χ0) is 21.3. The highest BCUT2D eigenvalue weighted by atomic mass is 16.6. The Bertz CT molecular complexity index is 971. The molecule has 0 saturated heterocycles. The van der Waals surface area contributed by atoms with Gasteiger partial charge in [0.1, 0.15) is 12.4 Å². The van der Waals surface area contributed by atoms with Crippen LogP contribution in [0.4, 0.5) is 0 Å². The number of benzene rings is 2. The molecule has 0 unspecified atom stereocenters. The summed E-state index contributed by atoms with van der Waals surface area (Å²) in [5.41, 5.74) is 6.92. The number of rotatable bonds is 11. The first-order valence-corrected chi connectivity index (χ1v) is 10.3. The highest BCUT2D eigenvalue weighted by Crippen LogP contribution is 2.33. The monoisotopic (exact) mass is 409 g/mol. The molecule has 0 atom stereocenters. The number of ether oxygens (including phenoxy) is 4. The predicted molar refractivity (Wildman–Crippen MR) is 120 cm³/mol. The van der Waals surface area contributed by atoms with Crippen molar-refractivity contribution in [1.82, 2.24) is 4.98 Å². The van der Waals surface area contributed by atoms with Crippen molar-refractivity contribution in [3.8, 4) is 16.9 Å². The molecule has 3 aromatic rings. The number of pyridine rings is 1. The van der Waals surface area contributed by atoms with Crippen LogP contribution in [0.2, 0.25) is 0 Å². The first kappa shape index (κ1) is 22.2. The van der Waals surface area contributed by atoms with E-state index in [4.69, 9.17) is 18.9 Å². The molecule has 0 bridgehead atoms. The van der Waals surface area contributed by atoms with Crippen LogP contribution in [0.1, 0.15) is 16.7 Å². The molecule has 0 spiro atoms. The Balaban J connectivity index is 1.60. The van der Waals surface area contributed by atoms with Crippen molar-refractivity contribution in [1.29, 1.82) is 0 Å². The molecule has 0 aliphatic heterocycles. The molecule has 0 radical (unpaired) electrons. The van der Waals surface area contributed by atoms with Gasteiger partial charge in [-0.3, -0.25) is 4.98 Å². The van der Waals surface area contributed by atoms with E-state index >= 15 is 0 Å². The van der Waals surface area contributed by atoms with Crippen molar-refractivity contribution in [2.24, 2.45) is 0 Å². The van der Waals surface area contributed by atoms with Gasteiger partial charge >= 0.3 is 0 Å². The number of nitrogens with zero attached hydrogens (tertiary/aromatic N) is 1. The van der Waals surface area contributed by atoms with Gasteiger partial charge < -0.3 is 18.9 Å². The van der Waals surface area contributed by atoms with Crippen LogP contribution in [0.25, 0.3) is 22.0 Å². The quantitative estimate of drug-likeness (QED) is 0.422. The van der Waals surface area contributed by atoms with E-state index in [2.05, 4.69) is 56.1 Å². The molecule has 2 aromatic carbocycles. The Labute approximate surface area is 178 Å². The number of methoxy groups -OCH3 is 1. The molecule has 0 fully saturated rings. The lowest BCUT2D eigenvalue weighted by Crippen LogP contribution is -2.12. The summed E-state index contributed by atoms with van der Waals surface area (Å²) in [4.78, 5) is 4.60.